The van der Waals surface area contributed by atoms with Crippen molar-refractivity contribution in [1.82, 2.24) is 4.98 Å². The van der Waals surface area contributed by atoms with Crippen molar-refractivity contribution < 1.29 is 14.6 Å². The monoisotopic (exact) mass is 487 g/mol. The number of aryl methyl sites for hydroxylation is 2. The Morgan fingerprint density at radius 2 is 1.71 bits per heavy atom. The number of carboxylic acids is 1. The quantitative estimate of drug-likeness (QED) is 0.267. The molecule has 0 spiro atoms. The summed E-state index contributed by atoms with van der Waals surface area (Å²) in [5.74, 6) is 0.995. The first kappa shape index (κ1) is 22.7. The van der Waals surface area contributed by atoms with Crippen molar-refractivity contribution in [3.63, 3.8) is 0 Å². The van der Waals surface area contributed by atoms with E-state index in [1.165, 1.54) is 21.6 Å². The number of hydrogen-bond donors (Lipinski definition) is 1. The molecule has 1 heterocycles. The number of thioether (sulfide) groups is 1. The second-order valence-corrected chi connectivity index (χ2v) is 10.7. The number of rotatable bonds is 9. The summed E-state index contributed by atoms with van der Waals surface area (Å²) >= 11 is 3.64. The molecule has 0 fully saturated rings. The normalized spacial score (nSPS) is 12.3. The molecule has 5 rings (SSSR count). The minimum Gasteiger partial charge on any atom is -0.482 e. The van der Waals surface area contributed by atoms with E-state index in [9.17, 15) is 4.79 Å². The average molecular weight is 488 g/mol. The minimum absolute atomic E-state index is 0.325. The van der Waals surface area contributed by atoms with E-state index in [4.69, 9.17) is 14.8 Å². The number of nitrogens with zero attached hydrogens (tertiary/aromatic N) is 1. The Balaban J connectivity index is 1.28. The first-order valence-corrected chi connectivity index (χ1v) is 13.2. The summed E-state index contributed by atoms with van der Waals surface area (Å²) in [7, 11) is 0. The van der Waals surface area contributed by atoms with E-state index >= 15 is 0 Å². The van der Waals surface area contributed by atoms with Gasteiger partial charge in [0.1, 0.15) is 5.75 Å². The Labute approximate surface area is 207 Å². The lowest BCUT2D eigenvalue weighted by atomic mass is 9.89. The molecule has 34 heavy (non-hydrogen) atoms. The van der Waals surface area contributed by atoms with Crippen LogP contribution in [0, 0.1) is 0 Å². The van der Waals surface area contributed by atoms with Crippen LogP contribution >= 0.6 is 23.1 Å². The number of carbonyl (C=O) groups is 1. The molecule has 0 saturated heterocycles. The van der Waals surface area contributed by atoms with Gasteiger partial charge in [-0.15, -0.1) is 11.3 Å². The Morgan fingerprint density at radius 3 is 2.38 bits per heavy atom. The number of benzene rings is 3. The fraction of sp³-hybridized carbons (Fsp3) is 0.214. The fourth-order valence-corrected chi connectivity index (χ4v) is 6.70. The van der Waals surface area contributed by atoms with Crippen molar-refractivity contribution in [2.45, 2.75) is 29.5 Å². The van der Waals surface area contributed by atoms with E-state index in [1.54, 1.807) is 11.3 Å². The van der Waals surface area contributed by atoms with Gasteiger partial charge < -0.3 is 9.84 Å². The SMILES string of the molecule is O=C(O)COc1ccc2c(c1)CCc1sc(SCCC(c3ccccc3)c3ccccc3)nc1-2. The van der Waals surface area contributed by atoms with Crippen LogP contribution in [0.15, 0.2) is 83.2 Å². The van der Waals surface area contributed by atoms with Crippen LogP contribution in [0.4, 0.5) is 0 Å². The molecule has 0 unspecified atom stereocenters. The Kier molecular flexibility index (Phi) is 6.97. The molecule has 1 aromatic heterocycles. The van der Waals surface area contributed by atoms with Gasteiger partial charge in [0.05, 0.1) is 5.69 Å². The van der Waals surface area contributed by atoms with Crippen molar-refractivity contribution >= 4 is 29.1 Å². The summed E-state index contributed by atoms with van der Waals surface area (Å²) in [6.45, 7) is -0.325. The van der Waals surface area contributed by atoms with E-state index in [-0.39, 0.29) is 6.61 Å². The third kappa shape index (κ3) is 5.18. The number of thiazole rings is 1. The highest BCUT2D eigenvalue weighted by Gasteiger charge is 2.22. The van der Waals surface area contributed by atoms with Gasteiger partial charge in [0.15, 0.2) is 10.9 Å². The Morgan fingerprint density at radius 1 is 1.00 bits per heavy atom. The fourth-order valence-electron chi connectivity index (χ4n) is 4.42. The van der Waals surface area contributed by atoms with Gasteiger partial charge in [-0.25, -0.2) is 9.78 Å². The standard InChI is InChI=1S/C28H25NO3S2/c30-26(31)18-32-22-12-13-24-21(17-22)11-14-25-27(24)29-28(34-25)33-16-15-23(19-7-3-1-4-8-19)20-9-5-2-6-10-20/h1-10,12-13,17,23H,11,14-16,18H2,(H,30,31). The first-order valence-electron chi connectivity index (χ1n) is 11.4. The summed E-state index contributed by atoms with van der Waals surface area (Å²) in [5, 5.41) is 8.84. The molecule has 0 atom stereocenters. The maximum atomic E-state index is 10.8. The highest BCUT2D eigenvalue weighted by atomic mass is 32.2. The number of carboxylic acid groups (broad SMARTS) is 1. The zero-order valence-electron chi connectivity index (χ0n) is 18.6. The largest absolute Gasteiger partial charge is 0.482 e. The predicted octanol–water partition coefficient (Wildman–Crippen LogP) is 6.69. The molecular formula is C28H25NO3S2. The van der Waals surface area contributed by atoms with Crippen molar-refractivity contribution in [3.05, 3.63) is 100 Å². The summed E-state index contributed by atoms with van der Waals surface area (Å²) in [6.07, 6.45) is 2.92. The van der Waals surface area contributed by atoms with E-state index in [2.05, 4.69) is 60.7 Å². The van der Waals surface area contributed by atoms with Crippen LogP contribution in [0.2, 0.25) is 0 Å². The van der Waals surface area contributed by atoms with Gasteiger partial charge in [-0.3, -0.25) is 0 Å². The minimum atomic E-state index is -0.969. The van der Waals surface area contributed by atoms with Gasteiger partial charge in [-0.05, 0) is 54.2 Å². The molecule has 0 radical (unpaired) electrons. The van der Waals surface area contributed by atoms with Crippen molar-refractivity contribution in [3.8, 4) is 17.0 Å². The number of aliphatic carboxylic acids is 1. The number of fused-ring (bicyclic) bond motifs is 3. The molecule has 4 nitrogen and oxygen atoms in total. The molecule has 1 aliphatic carbocycles. The lowest BCUT2D eigenvalue weighted by Gasteiger charge is -2.17. The Hall–Kier alpha value is -3.09. The van der Waals surface area contributed by atoms with Crippen molar-refractivity contribution in [2.24, 2.45) is 0 Å². The van der Waals surface area contributed by atoms with E-state index in [1.807, 2.05) is 30.0 Å². The maximum Gasteiger partial charge on any atom is 0.341 e. The number of aromatic nitrogens is 1. The molecular weight excluding hydrogens is 462 g/mol. The van der Waals surface area contributed by atoms with Crippen LogP contribution in [-0.4, -0.2) is 28.4 Å². The van der Waals surface area contributed by atoms with Crippen LogP contribution in [0.3, 0.4) is 0 Å². The van der Waals surface area contributed by atoms with Gasteiger partial charge in [0.2, 0.25) is 0 Å². The van der Waals surface area contributed by atoms with Gasteiger partial charge >= 0.3 is 5.97 Å². The number of hydrogen-bond acceptors (Lipinski definition) is 5. The van der Waals surface area contributed by atoms with Gasteiger partial charge in [-0.1, -0.05) is 72.4 Å². The molecule has 1 N–H and O–H groups in total. The molecule has 6 heteroatoms. The highest BCUT2D eigenvalue weighted by Crippen LogP contribution is 2.41. The lowest BCUT2D eigenvalue weighted by Crippen LogP contribution is -2.10. The number of ether oxygens (including phenoxy) is 1. The average Bonchev–Trinajstić information content (AvgIpc) is 3.30. The zero-order chi connectivity index (χ0) is 23.3. The molecule has 1 aliphatic rings. The van der Waals surface area contributed by atoms with Crippen molar-refractivity contribution in [1.29, 1.82) is 0 Å². The van der Waals surface area contributed by atoms with Gasteiger partial charge in [0, 0.05) is 22.1 Å². The maximum absolute atomic E-state index is 10.8. The molecule has 0 bridgehead atoms. The molecule has 172 valence electrons. The molecule has 4 aromatic rings. The highest BCUT2D eigenvalue weighted by molar-refractivity contribution is 8.01. The predicted molar refractivity (Wildman–Crippen MR) is 138 cm³/mol. The summed E-state index contributed by atoms with van der Waals surface area (Å²) in [4.78, 5) is 17.1. The lowest BCUT2D eigenvalue weighted by molar-refractivity contribution is -0.139. The van der Waals surface area contributed by atoms with Crippen LogP contribution in [0.25, 0.3) is 11.3 Å². The smallest absolute Gasteiger partial charge is 0.341 e. The second kappa shape index (κ2) is 10.5. The molecule has 0 amide bonds. The summed E-state index contributed by atoms with van der Waals surface area (Å²) in [6, 6.07) is 27.3. The van der Waals surface area contributed by atoms with Crippen molar-refractivity contribution in [2.75, 3.05) is 12.4 Å². The molecule has 0 saturated carbocycles. The van der Waals surface area contributed by atoms with E-state index < -0.39 is 5.97 Å². The van der Waals surface area contributed by atoms with Gasteiger partial charge in [-0.2, -0.15) is 0 Å². The van der Waals surface area contributed by atoms with Gasteiger partial charge in [0.25, 0.3) is 0 Å². The first-order chi connectivity index (χ1) is 16.7. The third-order valence-corrected chi connectivity index (χ3v) is 8.32. The second-order valence-electron chi connectivity index (χ2n) is 8.26. The Bertz CT molecular complexity index is 1230. The molecule has 0 aliphatic heterocycles. The topological polar surface area (TPSA) is 59.4 Å². The third-order valence-electron chi connectivity index (χ3n) is 6.03. The van der Waals surface area contributed by atoms with E-state index in [0.717, 1.165) is 40.6 Å². The van der Waals surface area contributed by atoms with Crippen LogP contribution in [0.1, 0.15) is 33.9 Å². The van der Waals surface area contributed by atoms with E-state index in [0.29, 0.717) is 11.7 Å². The van der Waals surface area contributed by atoms with Crippen LogP contribution < -0.4 is 4.74 Å². The van der Waals surface area contributed by atoms with Crippen LogP contribution in [0.5, 0.6) is 5.75 Å². The summed E-state index contributed by atoms with van der Waals surface area (Å²) in [5.41, 5.74) is 6.08. The summed E-state index contributed by atoms with van der Waals surface area (Å²) < 4.78 is 6.47. The van der Waals surface area contributed by atoms with Crippen LogP contribution in [-0.2, 0) is 17.6 Å². The zero-order valence-corrected chi connectivity index (χ0v) is 20.3. The molecule has 3 aromatic carbocycles.